The van der Waals surface area contributed by atoms with Gasteiger partial charge in [0.2, 0.25) is 11.3 Å². The van der Waals surface area contributed by atoms with Crippen LogP contribution in [0.2, 0.25) is 0 Å². The standard InChI is InChI=1S/C30H33N5O6S/c1-22(18-28(36)37)35(42(40)41)34-16-14-33(15-17-34)26-12-10-23(11-13-26)8-9-25-19-27(30(39)32(2)21-25)29(38)31-20-24-6-4-3-5-7-24/h3-7,10-13,19,21-22H,14-18,20H2,1-2H3,(H,31,38)(H,36,37)(H,40,41). The van der Waals surface area contributed by atoms with Gasteiger partial charge in [0.15, 0.2) is 0 Å². The maximum Gasteiger partial charge on any atom is 0.305 e. The minimum Gasteiger partial charge on any atom is -0.481 e. The van der Waals surface area contributed by atoms with Gasteiger partial charge in [-0.25, -0.2) is 9.22 Å². The molecular formula is C30H33N5O6S. The van der Waals surface area contributed by atoms with Crippen LogP contribution in [0.4, 0.5) is 5.69 Å². The topological polar surface area (TPSA) is 135 Å². The second-order valence-electron chi connectivity index (χ2n) is 9.94. The van der Waals surface area contributed by atoms with E-state index >= 15 is 0 Å². The van der Waals surface area contributed by atoms with Crippen LogP contribution in [0, 0.1) is 11.8 Å². The number of piperazine rings is 1. The molecule has 2 heterocycles. The number of carboxylic acids is 1. The quantitative estimate of drug-likeness (QED) is 0.254. The van der Waals surface area contributed by atoms with Gasteiger partial charge in [0.1, 0.15) is 5.56 Å². The third kappa shape index (κ3) is 7.92. The van der Waals surface area contributed by atoms with E-state index in [4.69, 9.17) is 5.11 Å². The third-order valence-electron chi connectivity index (χ3n) is 6.85. The Balaban J connectivity index is 1.39. The summed E-state index contributed by atoms with van der Waals surface area (Å²) in [5, 5.41) is 13.6. The fourth-order valence-electron chi connectivity index (χ4n) is 4.73. The third-order valence-corrected chi connectivity index (χ3v) is 7.76. The number of aromatic nitrogens is 1. The number of nitrogens with one attached hydrogen (secondary N) is 1. The number of benzene rings is 2. The molecule has 1 amide bonds. The number of aliphatic carboxylic acids is 1. The molecule has 2 aromatic carbocycles. The largest absolute Gasteiger partial charge is 0.481 e. The molecule has 220 valence electrons. The Morgan fingerprint density at radius 2 is 1.67 bits per heavy atom. The molecule has 42 heavy (non-hydrogen) atoms. The Kier molecular flexibility index (Phi) is 10.3. The highest BCUT2D eigenvalue weighted by Crippen LogP contribution is 2.20. The summed E-state index contributed by atoms with van der Waals surface area (Å²) in [6, 6.07) is 18.0. The summed E-state index contributed by atoms with van der Waals surface area (Å²) in [5.41, 5.74) is 2.81. The number of hydrogen-bond acceptors (Lipinski definition) is 6. The van der Waals surface area contributed by atoms with Crippen molar-refractivity contribution in [3.63, 3.8) is 0 Å². The summed E-state index contributed by atoms with van der Waals surface area (Å²) in [6.07, 6.45) is 1.36. The average molecular weight is 592 g/mol. The van der Waals surface area contributed by atoms with E-state index in [0.717, 1.165) is 16.8 Å². The van der Waals surface area contributed by atoms with E-state index in [2.05, 4.69) is 22.1 Å². The average Bonchev–Trinajstić information content (AvgIpc) is 2.97. The molecule has 1 fully saturated rings. The van der Waals surface area contributed by atoms with Crippen LogP contribution in [0.25, 0.3) is 0 Å². The number of aryl methyl sites for hydroxylation is 1. The van der Waals surface area contributed by atoms with E-state index < -0.39 is 34.7 Å². The van der Waals surface area contributed by atoms with Crippen molar-refractivity contribution in [3.8, 4) is 11.8 Å². The number of pyridine rings is 1. The fraction of sp³-hybridized carbons (Fsp3) is 0.300. The number of carbonyl (C=O) groups excluding carboxylic acids is 1. The van der Waals surface area contributed by atoms with Crippen LogP contribution in [-0.2, 0) is 29.7 Å². The van der Waals surface area contributed by atoms with E-state index in [-0.39, 0.29) is 12.0 Å². The fourth-order valence-corrected chi connectivity index (χ4v) is 5.47. The van der Waals surface area contributed by atoms with Crippen LogP contribution in [0.1, 0.15) is 40.4 Å². The molecule has 1 aromatic heterocycles. The second kappa shape index (κ2) is 14.1. The molecule has 1 saturated heterocycles. The minimum absolute atomic E-state index is 0.0238. The van der Waals surface area contributed by atoms with E-state index in [1.54, 1.807) is 25.2 Å². The van der Waals surface area contributed by atoms with Gasteiger partial charge in [-0.1, -0.05) is 42.2 Å². The lowest BCUT2D eigenvalue weighted by Crippen LogP contribution is -2.57. The Hall–Kier alpha value is -4.28. The molecule has 0 bridgehead atoms. The van der Waals surface area contributed by atoms with Crippen LogP contribution in [0.3, 0.4) is 0 Å². The molecule has 11 nitrogen and oxygen atoms in total. The summed E-state index contributed by atoms with van der Waals surface area (Å²) in [7, 11) is 1.58. The molecule has 2 unspecified atom stereocenters. The number of carbonyl (C=O) groups is 2. The second-order valence-corrected chi connectivity index (χ2v) is 10.8. The summed E-state index contributed by atoms with van der Waals surface area (Å²) in [4.78, 5) is 38.5. The molecule has 1 aliphatic rings. The molecule has 12 heteroatoms. The number of amides is 1. The highest BCUT2D eigenvalue weighted by atomic mass is 32.2. The van der Waals surface area contributed by atoms with E-state index in [1.807, 2.05) is 54.6 Å². The Bertz CT molecular complexity index is 1560. The molecule has 0 spiro atoms. The van der Waals surface area contributed by atoms with E-state index in [1.165, 1.54) is 15.0 Å². The molecule has 3 N–H and O–H groups in total. The highest BCUT2D eigenvalue weighted by molar-refractivity contribution is 7.76. The predicted molar refractivity (Wildman–Crippen MR) is 160 cm³/mol. The molecule has 0 saturated carbocycles. The van der Waals surface area contributed by atoms with Gasteiger partial charge >= 0.3 is 5.97 Å². The first-order chi connectivity index (χ1) is 20.1. The number of nitrogens with zero attached hydrogens (tertiary/aromatic N) is 4. The van der Waals surface area contributed by atoms with Crippen molar-refractivity contribution in [2.75, 3.05) is 31.1 Å². The molecule has 1 aliphatic heterocycles. The van der Waals surface area contributed by atoms with Gasteiger partial charge in [0.25, 0.3) is 11.5 Å². The highest BCUT2D eigenvalue weighted by Gasteiger charge is 2.30. The summed E-state index contributed by atoms with van der Waals surface area (Å²) in [5.74, 6) is 4.64. The summed E-state index contributed by atoms with van der Waals surface area (Å²) < 4.78 is 24.2. The molecule has 0 aliphatic carbocycles. The van der Waals surface area contributed by atoms with E-state index in [0.29, 0.717) is 38.3 Å². The van der Waals surface area contributed by atoms with Crippen LogP contribution in [-0.4, -0.2) is 72.0 Å². The van der Waals surface area contributed by atoms with Crippen molar-refractivity contribution in [2.45, 2.75) is 25.9 Å². The van der Waals surface area contributed by atoms with Gasteiger partial charge < -0.3 is 19.9 Å². The Labute approximate surface area is 246 Å². The summed E-state index contributed by atoms with van der Waals surface area (Å²) >= 11 is -2.32. The molecular weight excluding hydrogens is 558 g/mol. The summed E-state index contributed by atoms with van der Waals surface area (Å²) in [6.45, 7) is 4.03. The molecule has 2 atom stereocenters. The van der Waals surface area contributed by atoms with Crippen LogP contribution >= 0.6 is 0 Å². The first-order valence-corrected chi connectivity index (χ1v) is 14.5. The minimum atomic E-state index is -2.32. The van der Waals surface area contributed by atoms with Gasteiger partial charge in [-0.3, -0.25) is 18.9 Å². The van der Waals surface area contributed by atoms with Crippen molar-refractivity contribution in [2.24, 2.45) is 7.05 Å². The van der Waals surface area contributed by atoms with Crippen LogP contribution in [0.5, 0.6) is 0 Å². The van der Waals surface area contributed by atoms with Crippen molar-refractivity contribution in [1.29, 1.82) is 0 Å². The van der Waals surface area contributed by atoms with Crippen molar-refractivity contribution >= 4 is 28.8 Å². The smallest absolute Gasteiger partial charge is 0.305 e. The maximum absolute atomic E-state index is 12.7. The Morgan fingerprint density at radius 3 is 2.29 bits per heavy atom. The number of hydrogen-bond donors (Lipinski definition) is 3. The Morgan fingerprint density at radius 1 is 1.02 bits per heavy atom. The van der Waals surface area contributed by atoms with Gasteiger partial charge in [-0.15, -0.1) is 4.41 Å². The van der Waals surface area contributed by atoms with Crippen molar-refractivity contribution in [1.82, 2.24) is 19.3 Å². The molecule has 3 aromatic rings. The number of carboxylic acid groups (broad SMARTS) is 1. The van der Waals surface area contributed by atoms with Crippen LogP contribution in [0.15, 0.2) is 71.7 Å². The zero-order valence-electron chi connectivity index (χ0n) is 23.4. The lowest BCUT2D eigenvalue weighted by molar-refractivity contribution is -0.139. The zero-order valence-corrected chi connectivity index (χ0v) is 24.2. The van der Waals surface area contributed by atoms with Gasteiger partial charge in [0.05, 0.1) is 6.42 Å². The lowest BCUT2D eigenvalue weighted by atomic mass is 10.1. The molecule has 0 radical (unpaired) electrons. The lowest BCUT2D eigenvalue weighted by Gasteiger charge is -2.41. The van der Waals surface area contributed by atoms with Gasteiger partial charge in [-0.2, -0.15) is 0 Å². The number of anilines is 1. The SMILES string of the molecule is CC(CC(=O)O)N(N1CCN(c2ccc(C#Cc3cc(C(=O)NCc4ccccc4)c(=O)n(C)c3)cc2)CC1)S(=O)O. The number of rotatable bonds is 9. The normalized spacial score (nSPS) is 15.0. The maximum atomic E-state index is 12.7. The van der Waals surface area contributed by atoms with Gasteiger partial charge in [-0.05, 0) is 42.8 Å². The van der Waals surface area contributed by atoms with Crippen molar-refractivity contribution < 1.29 is 23.5 Å². The van der Waals surface area contributed by atoms with E-state index in [9.17, 15) is 23.1 Å². The zero-order chi connectivity index (χ0) is 30.2. The van der Waals surface area contributed by atoms with Crippen LogP contribution < -0.4 is 15.8 Å². The molecule has 4 rings (SSSR count). The monoisotopic (exact) mass is 591 g/mol. The van der Waals surface area contributed by atoms with Crippen molar-refractivity contribution in [3.05, 3.63) is 99.5 Å². The van der Waals surface area contributed by atoms with Gasteiger partial charge in [0, 0.05) is 68.8 Å². The predicted octanol–water partition coefficient (Wildman–Crippen LogP) is 2.05. The number of hydrazine groups is 1. The first kappa shape index (κ1) is 30.7. The first-order valence-electron chi connectivity index (χ1n) is 13.4.